The lowest BCUT2D eigenvalue weighted by molar-refractivity contribution is -0.895. The van der Waals surface area contributed by atoms with E-state index in [2.05, 4.69) is 10.6 Å². The topological polar surface area (TPSA) is 100 Å². The number of nitrogens with one attached hydrogen (secondary N) is 3. The van der Waals surface area contributed by atoms with Crippen molar-refractivity contribution in [1.82, 2.24) is 14.9 Å². The summed E-state index contributed by atoms with van der Waals surface area (Å²) in [5.41, 5.74) is 0. The summed E-state index contributed by atoms with van der Waals surface area (Å²) >= 11 is 0. The molecule has 0 spiro atoms. The van der Waals surface area contributed by atoms with Crippen LogP contribution in [0.2, 0.25) is 0 Å². The maximum Gasteiger partial charge on any atom is 0.321 e. The Morgan fingerprint density at radius 2 is 1.77 bits per heavy atom. The summed E-state index contributed by atoms with van der Waals surface area (Å²) in [4.78, 5) is 24.8. The average Bonchev–Trinajstić information content (AvgIpc) is 2.61. The minimum atomic E-state index is -3.49. The van der Waals surface area contributed by atoms with Crippen molar-refractivity contribution in [2.75, 3.05) is 39.3 Å². The molecule has 1 heterocycles. The molecule has 1 fully saturated rings. The van der Waals surface area contributed by atoms with E-state index < -0.39 is 16.1 Å². The smallest absolute Gasteiger partial charge is 0.321 e. The number of nitrogens with zero attached hydrogens (tertiary/aromatic N) is 1. The van der Waals surface area contributed by atoms with Gasteiger partial charge in [-0.3, -0.25) is 10.1 Å². The number of sulfonamides is 1. The molecule has 144 valence electrons. The van der Waals surface area contributed by atoms with E-state index in [0.29, 0.717) is 38.6 Å². The molecule has 3 amide bonds. The molecule has 1 aromatic rings. The molecule has 1 aromatic carbocycles. The minimum Gasteiger partial charge on any atom is -0.338 e. The lowest BCUT2D eigenvalue weighted by atomic mass is 10.2. The van der Waals surface area contributed by atoms with Gasteiger partial charge in [-0.1, -0.05) is 32.0 Å². The molecule has 0 atom stereocenters. The molecule has 0 aliphatic carbocycles. The maximum atomic E-state index is 12.6. The van der Waals surface area contributed by atoms with Crippen molar-refractivity contribution >= 4 is 22.0 Å². The molecular weight excluding hydrogens is 356 g/mol. The molecular formula is C17H27N4O4S+. The largest absolute Gasteiger partial charge is 0.338 e. The molecule has 2 rings (SSSR count). The van der Waals surface area contributed by atoms with Crippen molar-refractivity contribution in [3.8, 4) is 0 Å². The molecule has 0 radical (unpaired) electrons. The first kappa shape index (κ1) is 20.3. The van der Waals surface area contributed by atoms with Gasteiger partial charge in [0.2, 0.25) is 10.0 Å². The molecule has 1 saturated heterocycles. The third kappa shape index (κ3) is 5.79. The summed E-state index contributed by atoms with van der Waals surface area (Å²) < 4.78 is 26.6. The quantitative estimate of drug-likeness (QED) is 0.590. The number of imide groups is 1. The molecule has 26 heavy (non-hydrogen) atoms. The van der Waals surface area contributed by atoms with E-state index in [1.165, 1.54) is 4.31 Å². The second-order valence-electron chi connectivity index (χ2n) is 6.80. The zero-order chi connectivity index (χ0) is 19.2. The Labute approximate surface area is 154 Å². The van der Waals surface area contributed by atoms with Crippen LogP contribution in [0.25, 0.3) is 0 Å². The van der Waals surface area contributed by atoms with Crippen molar-refractivity contribution in [2.45, 2.75) is 18.7 Å². The van der Waals surface area contributed by atoms with Crippen LogP contribution in [0, 0.1) is 5.92 Å². The van der Waals surface area contributed by atoms with E-state index in [1.807, 2.05) is 13.8 Å². The van der Waals surface area contributed by atoms with E-state index in [-0.39, 0.29) is 17.3 Å². The highest BCUT2D eigenvalue weighted by Crippen LogP contribution is 2.14. The van der Waals surface area contributed by atoms with Gasteiger partial charge in [-0.05, 0) is 18.1 Å². The van der Waals surface area contributed by atoms with E-state index in [4.69, 9.17) is 0 Å². The van der Waals surface area contributed by atoms with Crippen LogP contribution in [-0.2, 0) is 14.8 Å². The molecule has 1 aliphatic heterocycles. The van der Waals surface area contributed by atoms with Crippen LogP contribution >= 0.6 is 0 Å². The number of carbonyl (C=O) groups is 2. The first-order valence-electron chi connectivity index (χ1n) is 8.75. The molecule has 0 saturated carbocycles. The first-order chi connectivity index (χ1) is 12.3. The highest BCUT2D eigenvalue weighted by atomic mass is 32.2. The summed E-state index contributed by atoms with van der Waals surface area (Å²) in [5.74, 6) is -0.0539. The number of carbonyl (C=O) groups excluding carboxylic acids is 2. The monoisotopic (exact) mass is 383 g/mol. The Balaban J connectivity index is 1.79. The van der Waals surface area contributed by atoms with Gasteiger partial charge in [0.25, 0.3) is 5.91 Å². The van der Waals surface area contributed by atoms with Crippen LogP contribution in [0.1, 0.15) is 13.8 Å². The van der Waals surface area contributed by atoms with Crippen LogP contribution in [0.15, 0.2) is 35.2 Å². The number of rotatable bonds is 6. The fraction of sp³-hybridized carbons (Fsp3) is 0.529. The molecule has 3 N–H and O–H groups in total. The number of piperazine rings is 1. The average molecular weight is 383 g/mol. The predicted molar refractivity (Wildman–Crippen MR) is 97.1 cm³/mol. The number of quaternary nitrogens is 1. The Hall–Kier alpha value is -1.97. The Bertz CT molecular complexity index is 714. The van der Waals surface area contributed by atoms with Gasteiger partial charge in [-0.2, -0.15) is 4.31 Å². The van der Waals surface area contributed by atoms with E-state index in [1.54, 1.807) is 30.3 Å². The van der Waals surface area contributed by atoms with Crippen LogP contribution < -0.4 is 15.5 Å². The number of benzene rings is 1. The third-order valence-corrected chi connectivity index (χ3v) is 6.06. The summed E-state index contributed by atoms with van der Waals surface area (Å²) in [5, 5.41) is 4.94. The van der Waals surface area contributed by atoms with Crippen molar-refractivity contribution in [1.29, 1.82) is 0 Å². The summed E-state index contributed by atoms with van der Waals surface area (Å²) in [6.45, 7) is 6.32. The summed E-state index contributed by atoms with van der Waals surface area (Å²) in [7, 11) is -3.49. The molecule has 8 nitrogen and oxygen atoms in total. The number of amides is 3. The van der Waals surface area contributed by atoms with Gasteiger partial charge in [0.05, 0.1) is 31.1 Å². The highest BCUT2D eigenvalue weighted by molar-refractivity contribution is 7.89. The summed E-state index contributed by atoms with van der Waals surface area (Å²) in [6.07, 6.45) is 0. The maximum absolute atomic E-state index is 12.6. The van der Waals surface area contributed by atoms with Crippen LogP contribution in [0.4, 0.5) is 4.79 Å². The fourth-order valence-corrected chi connectivity index (χ4v) is 4.16. The van der Waals surface area contributed by atoms with E-state index in [9.17, 15) is 18.0 Å². The van der Waals surface area contributed by atoms with Crippen molar-refractivity contribution in [3.63, 3.8) is 0 Å². The lowest BCUT2D eigenvalue weighted by Crippen LogP contribution is -3.15. The molecule has 0 bridgehead atoms. The third-order valence-electron chi connectivity index (χ3n) is 4.14. The van der Waals surface area contributed by atoms with Crippen LogP contribution in [-0.4, -0.2) is 63.9 Å². The minimum absolute atomic E-state index is 0.147. The van der Waals surface area contributed by atoms with Crippen LogP contribution in [0.5, 0.6) is 0 Å². The lowest BCUT2D eigenvalue weighted by Gasteiger charge is -2.31. The number of hydrogen-bond donors (Lipinski definition) is 3. The second kappa shape index (κ2) is 9.11. The SMILES string of the molecule is CC(C)CNC(=O)NC(=O)C[NH+]1CCN(S(=O)(=O)c2ccccc2)CC1. The summed E-state index contributed by atoms with van der Waals surface area (Å²) in [6, 6.07) is 7.84. The Morgan fingerprint density at radius 3 is 2.35 bits per heavy atom. The van der Waals surface area contributed by atoms with Gasteiger partial charge < -0.3 is 10.2 Å². The van der Waals surface area contributed by atoms with Crippen molar-refractivity contribution < 1.29 is 22.9 Å². The van der Waals surface area contributed by atoms with Gasteiger partial charge in [0.15, 0.2) is 6.54 Å². The first-order valence-corrected chi connectivity index (χ1v) is 10.2. The van der Waals surface area contributed by atoms with Crippen molar-refractivity contribution in [2.24, 2.45) is 5.92 Å². The number of urea groups is 1. The standard InChI is InChI=1S/C17H26N4O4S/c1-14(2)12-18-17(23)19-16(22)13-20-8-10-21(11-9-20)26(24,25)15-6-4-3-5-7-15/h3-7,14H,8-13H2,1-2H3,(H2,18,19,22,23)/p+1. The Morgan fingerprint density at radius 1 is 1.15 bits per heavy atom. The predicted octanol–water partition coefficient (Wildman–Crippen LogP) is -0.942. The molecule has 9 heteroatoms. The second-order valence-corrected chi connectivity index (χ2v) is 8.73. The highest BCUT2D eigenvalue weighted by Gasteiger charge is 2.31. The van der Waals surface area contributed by atoms with Gasteiger partial charge in [0, 0.05) is 6.54 Å². The van der Waals surface area contributed by atoms with E-state index >= 15 is 0 Å². The van der Waals surface area contributed by atoms with Gasteiger partial charge in [-0.25, -0.2) is 13.2 Å². The molecule has 0 aromatic heterocycles. The Kier molecular flexibility index (Phi) is 7.13. The van der Waals surface area contributed by atoms with Gasteiger partial charge in [0.1, 0.15) is 0 Å². The van der Waals surface area contributed by atoms with E-state index in [0.717, 1.165) is 4.90 Å². The molecule has 1 aliphatic rings. The van der Waals surface area contributed by atoms with Crippen molar-refractivity contribution in [3.05, 3.63) is 30.3 Å². The fourth-order valence-electron chi connectivity index (χ4n) is 2.70. The normalized spacial score (nSPS) is 16.4. The van der Waals surface area contributed by atoms with Gasteiger partial charge >= 0.3 is 6.03 Å². The van der Waals surface area contributed by atoms with Crippen LogP contribution in [0.3, 0.4) is 0 Å². The molecule has 0 unspecified atom stereocenters. The number of hydrogen-bond acceptors (Lipinski definition) is 4. The zero-order valence-corrected chi connectivity index (χ0v) is 16.0. The van der Waals surface area contributed by atoms with Gasteiger partial charge in [-0.15, -0.1) is 0 Å². The zero-order valence-electron chi connectivity index (χ0n) is 15.2.